The van der Waals surface area contributed by atoms with Crippen LogP contribution in [0.3, 0.4) is 0 Å². The molecule has 2 heterocycles. The van der Waals surface area contributed by atoms with E-state index < -0.39 is 0 Å². The molecule has 0 N–H and O–H groups in total. The van der Waals surface area contributed by atoms with Gasteiger partial charge in [-0.1, -0.05) is 47.1 Å². The number of aromatic nitrogens is 3. The second-order valence-electron chi connectivity index (χ2n) is 5.40. The summed E-state index contributed by atoms with van der Waals surface area (Å²) in [5, 5.41) is 1.37. The number of thioether (sulfide) groups is 1. The van der Waals surface area contributed by atoms with Gasteiger partial charge in [0.05, 0.1) is 0 Å². The molecule has 0 aliphatic heterocycles. The molecular formula is C18H17Cl2N3O2S. The zero-order valence-electron chi connectivity index (χ0n) is 14.1. The molecule has 0 atom stereocenters. The Morgan fingerprint density at radius 1 is 1.12 bits per heavy atom. The van der Waals surface area contributed by atoms with Gasteiger partial charge in [-0.05, 0) is 35.4 Å². The van der Waals surface area contributed by atoms with Crippen molar-refractivity contribution in [2.45, 2.75) is 24.2 Å². The molecule has 3 rings (SSSR count). The molecule has 26 heavy (non-hydrogen) atoms. The summed E-state index contributed by atoms with van der Waals surface area (Å²) >= 11 is 13.7. The van der Waals surface area contributed by atoms with Gasteiger partial charge in [-0.3, -0.25) is 9.55 Å². The lowest BCUT2D eigenvalue weighted by atomic mass is 10.2. The van der Waals surface area contributed by atoms with Crippen molar-refractivity contribution >= 4 is 35.0 Å². The zero-order chi connectivity index (χ0) is 18.4. The van der Waals surface area contributed by atoms with Gasteiger partial charge in [-0.25, -0.2) is 4.98 Å². The fraction of sp³-hybridized carbons (Fsp3) is 0.222. The molecule has 0 radical (unpaired) electrons. The number of benzene rings is 1. The third kappa shape index (κ3) is 4.92. The number of halogens is 2. The highest BCUT2D eigenvalue weighted by Gasteiger charge is 2.14. The van der Waals surface area contributed by atoms with E-state index in [1.807, 2.05) is 36.4 Å². The van der Waals surface area contributed by atoms with Gasteiger partial charge >= 0.3 is 0 Å². The highest BCUT2D eigenvalue weighted by Crippen LogP contribution is 2.31. The summed E-state index contributed by atoms with van der Waals surface area (Å²) in [4.78, 5) is 8.29. The van der Waals surface area contributed by atoms with Crippen molar-refractivity contribution in [1.82, 2.24) is 14.5 Å². The van der Waals surface area contributed by atoms with Crippen LogP contribution in [0.4, 0.5) is 0 Å². The Kier molecular flexibility index (Phi) is 6.80. The third-order valence-electron chi connectivity index (χ3n) is 3.51. The van der Waals surface area contributed by atoms with Crippen molar-refractivity contribution in [3.8, 4) is 5.75 Å². The molecule has 0 saturated heterocycles. The molecule has 0 bridgehead atoms. The quantitative estimate of drug-likeness (QED) is 0.486. The Morgan fingerprint density at radius 3 is 2.69 bits per heavy atom. The maximum Gasteiger partial charge on any atom is 0.172 e. The van der Waals surface area contributed by atoms with E-state index in [1.54, 1.807) is 24.1 Å². The smallest absolute Gasteiger partial charge is 0.172 e. The molecule has 1 aromatic carbocycles. The summed E-state index contributed by atoms with van der Waals surface area (Å²) in [7, 11) is 1.60. The van der Waals surface area contributed by atoms with Crippen molar-refractivity contribution in [3.05, 3.63) is 70.2 Å². The van der Waals surface area contributed by atoms with Crippen LogP contribution >= 0.6 is 35.0 Å². The van der Waals surface area contributed by atoms with Gasteiger partial charge in [0.2, 0.25) is 0 Å². The molecule has 0 fully saturated rings. The van der Waals surface area contributed by atoms with Crippen LogP contribution in [-0.4, -0.2) is 21.6 Å². The first-order chi connectivity index (χ1) is 12.7. The second kappa shape index (κ2) is 9.28. The standard InChI is InChI=1S/C18H17Cl2N3O2S/c1-24-12-23-17(20)16(19)22-18(23)26-11-14-3-2-4-15(9-14)25-10-13-5-7-21-8-6-13/h2-9H,10-12H2,1H3. The molecule has 0 aliphatic rings. The topological polar surface area (TPSA) is 49.2 Å². The second-order valence-corrected chi connectivity index (χ2v) is 7.06. The van der Waals surface area contributed by atoms with Gasteiger partial charge in [-0.15, -0.1) is 0 Å². The van der Waals surface area contributed by atoms with Crippen molar-refractivity contribution in [3.63, 3.8) is 0 Å². The summed E-state index contributed by atoms with van der Waals surface area (Å²) in [6.07, 6.45) is 3.51. The summed E-state index contributed by atoms with van der Waals surface area (Å²) < 4.78 is 12.7. The molecule has 0 aliphatic carbocycles. The van der Waals surface area contributed by atoms with E-state index in [9.17, 15) is 0 Å². The summed E-state index contributed by atoms with van der Waals surface area (Å²) in [5.74, 6) is 1.52. The average molecular weight is 410 g/mol. The van der Waals surface area contributed by atoms with Crippen LogP contribution in [0.25, 0.3) is 0 Å². The number of rotatable bonds is 8. The van der Waals surface area contributed by atoms with E-state index in [1.165, 1.54) is 11.8 Å². The number of pyridine rings is 1. The van der Waals surface area contributed by atoms with Crippen LogP contribution in [-0.2, 0) is 23.8 Å². The lowest BCUT2D eigenvalue weighted by Gasteiger charge is -2.09. The first-order valence-electron chi connectivity index (χ1n) is 7.81. The van der Waals surface area contributed by atoms with Gasteiger partial charge < -0.3 is 9.47 Å². The van der Waals surface area contributed by atoms with E-state index >= 15 is 0 Å². The molecular weight excluding hydrogens is 393 g/mol. The number of hydrogen-bond donors (Lipinski definition) is 0. The molecule has 2 aromatic heterocycles. The summed E-state index contributed by atoms with van der Waals surface area (Å²) in [5.41, 5.74) is 2.19. The first-order valence-corrected chi connectivity index (χ1v) is 9.55. The molecule has 136 valence electrons. The predicted octanol–water partition coefficient (Wildman–Crippen LogP) is 5.06. The minimum atomic E-state index is 0.278. The van der Waals surface area contributed by atoms with E-state index in [4.69, 9.17) is 32.7 Å². The van der Waals surface area contributed by atoms with Crippen molar-refractivity contribution < 1.29 is 9.47 Å². The van der Waals surface area contributed by atoms with Crippen LogP contribution in [0, 0.1) is 0 Å². The number of imidazole rings is 1. The van der Waals surface area contributed by atoms with Gasteiger partial charge in [0, 0.05) is 25.3 Å². The fourth-order valence-corrected chi connectivity index (χ4v) is 3.64. The fourth-order valence-electron chi connectivity index (χ4n) is 2.26. The normalized spacial score (nSPS) is 10.9. The Bertz CT molecular complexity index is 859. The lowest BCUT2D eigenvalue weighted by Crippen LogP contribution is -2.02. The minimum Gasteiger partial charge on any atom is -0.489 e. The molecule has 3 aromatic rings. The van der Waals surface area contributed by atoms with Gasteiger partial charge in [0.15, 0.2) is 15.5 Å². The third-order valence-corrected chi connectivity index (χ3v) is 5.30. The van der Waals surface area contributed by atoms with Gasteiger partial charge in [0.25, 0.3) is 0 Å². The largest absolute Gasteiger partial charge is 0.489 e. The molecule has 0 unspecified atom stereocenters. The van der Waals surface area contributed by atoms with E-state index in [2.05, 4.69) is 9.97 Å². The highest BCUT2D eigenvalue weighted by molar-refractivity contribution is 7.98. The van der Waals surface area contributed by atoms with E-state index in [0.717, 1.165) is 16.9 Å². The highest BCUT2D eigenvalue weighted by atomic mass is 35.5. The van der Waals surface area contributed by atoms with Crippen LogP contribution in [0.15, 0.2) is 53.9 Å². The number of methoxy groups -OCH3 is 1. The predicted molar refractivity (Wildman–Crippen MR) is 104 cm³/mol. The number of hydrogen-bond acceptors (Lipinski definition) is 5. The van der Waals surface area contributed by atoms with Crippen molar-refractivity contribution in [2.75, 3.05) is 7.11 Å². The molecule has 8 heteroatoms. The molecule has 0 amide bonds. The summed E-state index contributed by atoms with van der Waals surface area (Å²) in [6, 6.07) is 11.8. The zero-order valence-corrected chi connectivity index (χ0v) is 16.4. The Balaban J connectivity index is 1.63. The average Bonchev–Trinajstić information content (AvgIpc) is 2.94. The van der Waals surface area contributed by atoms with E-state index in [0.29, 0.717) is 29.4 Å². The van der Waals surface area contributed by atoms with Crippen molar-refractivity contribution in [2.24, 2.45) is 0 Å². The Morgan fingerprint density at radius 2 is 1.92 bits per heavy atom. The lowest BCUT2D eigenvalue weighted by molar-refractivity contribution is 0.124. The number of ether oxygens (including phenoxy) is 2. The maximum atomic E-state index is 6.15. The first kappa shape index (κ1) is 19.0. The van der Waals surface area contributed by atoms with E-state index in [-0.39, 0.29) is 5.15 Å². The van der Waals surface area contributed by atoms with Crippen molar-refractivity contribution in [1.29, 1.82) is 0 Å². The molecule has 5 nitrogen and oxygen atoms in total. The summed E-state index contributed by atoms with van der Waals surface area (Å²) in [6.45, 7) is 0.804. The Hall–Kier alpha value is -1.73. The number of nitrogens with zero attached hydrogens (tertiary/aromatic N) is 3. The maximum absolute atomic E-state index is 6.15. The van der Waals surface area contributed by atoms with Crippen LogP contribution < -0.4 is 4.74 Å². The van der Waals surface area contributed by atoms with Gasteiger partial charge in [-0.2, -0.15) is 0 Å². The van der Waals surface area contributed by atoms with Gasteiger partial charge in [0.1, 0.15) is 19.1 Å². The van der Waals surface area contributed by atoms with Crippen LogP contribution in [0.2, 0.25) is 10.3 Å². The molecule has 0 saturated carbocycles. The van der Waals surface area contributed by atoms with Crippen LogP contribution in [0.5, 0.6) is 5.75 Å². The van der Waals surface area contributed by atoms with Crippen LogP contribution in [0.1, 0.15) is 11.1 Å². The SMILES string of the molecule is COCn1c(SCc2cccc(OCc3ccncc3)c2)nc(Cl)c1Cl. The monoisotopic (exact) mass is 409 g/mol. The molecule has 0 spiro atoms. The minimum absolute atomic E-state index is 0.278. The Labute approximate surface area is 166 Å².